The summed E-state index contributed by atoms with van der Waals surface area (Å²) in [5.74, 6) is 0.0265. The Labute approximate surface area is 84.9 Å². The fraction of sp³-hybridized carbons (Fsp3) is 0.900. The number of amides is 1. The second-order valence-electron chi connectivity index (χ2n) is 4.08. The zero-order valence-corrected chi connectivity index (χ0v) is 9.16. The highest BCUT2D eigenvalue weighted by Crippen LogP contribution is 2.21. The van der Waals surface area contributed by atoms with Gasteiger partial charge in [0, 0.05) is 27.1 Å². The quantitative estimate of drug-likeness (QED) is 0.679. The Kier molecular flexibility index (Phi) is 3.86. The second-order valence-corrected chi connectivity index (χ2v) is 4.08. The van der Waals surface area contributed by atoms with Gasteiger partial charge < -0.3 is 4.90 Å². The first-order chi connectivity index (χ1) is 6.56. The minimum atomic E-state index is -0.838. The molecule has 0 N–H and O–H groups in total. The van der Waals surface area contributed by atoms with Gasteiger partial charge in [0.05, 0.1) is 6.04 Å². The summed E-state index contributed by atoms with van der Waals surface area (Å²) in [5.41, 5.74) is 0. The van der Waals surface area contributed by atoms with Crippen molar-refractivity contribution in [1.29, 1.82) is 0 Å². The van der Waals surface area contributed by atoms with Gasteiger partial charge in [0.25, 0.3) is 0 Å². The average molecular weight is 202 g/mol. The summed E-state index contributed by atoms with van der Waals surface area (Å²) in [6, 6.07) is -0.236. The molecule has 0 aromatic rings. The normalized spacial score (nSPS) is 28.0. The lowest BCUT2D eigenvalue weighted by Gasteiger charge is -2.24. The Hall–Kier alpha value is -0.640. The number of halogens is 1. The van der Waals surface area contributed by atoms with E-state index in [0.717, 1.165) is 13.0 Å². The van der Waals surface area contributed by atoms with Crippen molar-refractivity contribution >= 4 is 5.91 Å². The van der Waals surface area contributed by atoms with Crippen molar-refractivity contribution in [2.75, 3.05) is 27.2 Å². The summed E-state index contributed by atoms with van der Waals surface area (Å²) in [5, 5.41) is 0. The zero-order valence-electron chi connectivity index (χ0n) is 9.16. The van der Waals surface area contributed by atoms with Crippen LogP contribution in [-0.4, -0.2) is 55.1 Å². The first kappa shape index (κ1) is 11.4. The highest BCUT2D eigenvalue weighted by atomic mass is 19.1. The molecule has 0 aromatic carbocycles. The Morgan fingerprint density at radius 3 is 2.71 bits per heavy atom. The fourth-order valence-electron chi connectivity index (χ4n) is 1.94. The third-order valence-corrected chi connectivity index (χ3v) is 2.59. The van der Waals surface area contributed by atoms with Crippen LogP contribution in [0.3, 0.4) is 0 Å². The van der Waals surface area contributed by atoms with Gasteiger partial charge in [-0.05, 0) is 13.0 Å². The van der Waals surface area contributed by atoms with E-state index in [4.69, 9.17) is 0 Å². The Balaban J connectivity index is 2.61. The van der Waals surface area contributed by atoms with E-state index in [-0.39, 0.29) is 11.9 Å². The molecule has 82 valence electrons. The monoisotopic (exact) mass is 202 g/mol. The van der Waals surface area contributed by atoms with Gasteiger partial charge in [-0.1, -0.05) is 6.92 Å². The van der Waals surface area contributed by atoms with Gasteiger partial charge in [0.15, 0.2) is 0 Å². The van der Waals surface area contributed by atoms with Gasteiger partial charge in [-0.2, -0.15) is 0 Å². The van der Waals surface area contributed by atoms with Gasteiger partial charge in [-0.15, -0.1) is 0 Å². The van der Waals surface area contributed by atoms with Crippen molar-refractivity contribution in [2.24, 2.45) is 0 Å². The molecule has 1 fully saturated rings. The van der Waals surface area contributed by atoms with Crippen LogP contribution in [0.1, 0.15) is 19.8 Å². The van der Waals surface area contributed by atoms with Crippen LogP contribution in [0.25, 0.3) is 0 Å². The minimum Gasteiger partial charge on any atom is -0.347 e. The number of hydrogen-bond acceptors (Lipinski definition) is 2. The molecular formula is C10H19FN2O. The third-order valence-electron chi connectivity index (χ3n) is 2.59. The van der Waals surface area contributed by atoms with E-state index >= 15 is 0 Å². The van der Waals surface area contributed by atoms with Crippen molar-refractivity contribution in [3.8, 4) is 0 Å². The van der Waals surface area contributed by atoms with Crippen LogP contribution in [0.2, 0.25) is 0 Å². The summed E-state index contributed by atoms with van der Waals surface area (Å²) < 4.78 is 13.2. The van der Waals surface area contributed by atoms with Crippen LogP contribution >= 0.6 is 0 Å². The largest absolute Gasteiger partial charge is 0.347 e. The number of likely N-dealkylation sites (tertiary alicyclic amines) is 1. The lowest BCUT2D eigenvalue weighted by molar-refractivity contribution is -0.133. The smallest absolute Gasteiger partial charge is 0.239 e. The van der Waals surface area contributed by atoms with E-state index < -0.39 is 6.17 Å². The predicted octanol–water partition coefficient (Wildman–Crippen LogP) is 0.897. The highest BCUT2D eigenvalue weighted by molar-refractivity contribution is 5.81. The van der Waals surface area contributed by atoms with Gasteiger partial charge >= 0.3 is 0 Å². The van der Waals surface area contributed by atoms with Crippen molar-refractivity contribution in [3.05, 3.63) is 0 Å². The lowest BCUT2D eigenvalue weighted by atomic mass is 10.2. The maximum Gasteiger partial charge on any atom is 0.239 e. The number of nitrogens with zero attached hydrogens (tertiary/aromatic N) is 2. The molecule has 2 atom stereocenters. The van der Waals surface area contributed by atoms with Crippen molar-refractivity contribution in [3.63, 3.8) is 0 Å². The minimum absolute atomic E-state index is 0.0265. The topological polar surface area (TPSA) is 23.6 Å². The molecule has 0 radical (unpaired) electrons. The molecule has 1 amide bonds. The molecule has 0 unspecified atom stereocenters. The molecule has 4 heteroatoms. The molecule has 0 aliphatic carbocycles. The number of rotatable bonds is 3. The van der Waals surface area contributed by atoms with E-state index in [1.54, 1.807) is 19.0 Å². The van der Waals surface area contributed by atoms with Crippen LogP contribution in [0.4, 0.5) is 4.39 Å². The number of alkyl halides is 1. The van der Waals surface area contributed by atoms with Gasteiger partial charge in [-0.25, -0.2) is 4.39 Å². The van der Waals surface area contributed by atoms with Crippen LogP contribution < -0.4 is 0 Å². The van der Waals surface area contributed by atoms with Gasteiger partial charge in [0.2, 0.25) is 5.91 Å². The summed E-state index contributed by atoms with van der Waals surface area (Å²) in [7, 11) is 3.44. The molecule has 0 spiro atoms. The predicted molar refractivity (Wildman–Crippen MR) is 53.9 cm³/mol. The average Bonchev–Trinajstić information content (AvgIpc) is 2.46. The van der Waals surface area contributed by atoms with Crippen LogP contribution in [0.5, 0.6) is 0 Å². The summed E-state index contributed by atoms with van der Waals surface area (Å²) in [6.07, 6.45) is 0.483. The van der Waals surface area contributed by atoms with Gasteiger partial charge in [-0.3, -0.25) is 9.69 Å². The summed E-state index contributed by atoms with van der Waals surface area (Å²) in [4.78, 5) is 15.2. The third kappa shape index (κ3) is 2.44. The molecule has 14 heavy (non-hydrogen) atoms. The van der Waals surface area contributed by atoms with Crippen molar-refractivity contribution < 1.29 is 9.18 Å². The zero-order chi connectivity index (χ0) is 10.7. The molecule has 1 saturated heterocycles. The Morgan fingerprint density at radius 1 is 1.57 bits per heavy atom. The van der Waals surface area contributed by atoms with Crippen LogP contribution in [0.15, 0.2) is 0 Å². The highest BCUT2D eigenvalue weighted by Gasteiger charge is 2.36. The Bertz CT molecular complexity index is 208. The number of carbonyl (C=O) groups is 1. The molecule has 1 rings (SSSR count). The number of hydrogen-bond donors (Lipinski definition) is 0. The molecule has 0 saturated carbocycles. The fourth-order valence-corrected chi connectivity index (χ4v) is 1.94. The van der Waals surface area contributed by atoms with E-state index in [1.807, 2.05) is 11.8 Å². The van der Waals surface area contributed by atoms with E-state index in [2.05, 4.69) is 0 Å². The van der Waals surface area contributed by atoms with Crippen molar-refractivity contribution in [1.82, 2.24) is 9.80 Å². The summed E-state index contributed by atoms with van der Waals surface area (Å²) >= 11 is 0. The lowest BCUT2D eigenvalue weighted by Crippen LogP contribution is -2.42. The molecule has 1 aliphatic rings. The molecule has 1 aliphatic heterocycles. The SMILES string of the molecule is CCCN1C[C@H](F)C[C@H]1C(=O)N(C)C. The van der Waals surface area contributed by atoms with E-state index in [1.165, 1.54) is 0 Å². The summed E-state index contributed by atoms with van der Waals surface area (Å²) in [6.45, 7) is 3.27. The standard InChI is InChI=1S/C10H19FN2O/c1-4-5-13-7-8(11)6-9(13)10(14)12(2)3/h8-9H,4-7H2,1-3H3/t8-,9+/m1/s1. The molecule has 0 bridgehead atoms. The first-order valence-corrected chi connectivity index (χ1v) is 5.15. The van der Waals surface area contributed by atoms with E-state index in [0.29, 0.717) is 13.0 Å². The number of likely N-dealkylation sites (N-methyl/N-ethyl adjacent to an activating group) is 1. The van der Waals surface area contributed by atoms with Gasteiger partial charge in [0.1, 0.15) is 6.17 Å². The maximum atomic E-state index is 13.2. The first-order valence-electron chi connectivity index (χ1n) is 5.15. The van der Waals surface area contributed by atoms with Crippen molar-refractivity contribution in [2.45, 2.75) is 32.0 Å². The van der Waals surface area contributed by atoms with Crippen LogP contribution in [0, 0.1) is 0 Å². The molecule has 0 aromatic heterocycles. The molecule has 3 nitrogen and oxygen atoms in total. The van der Waals surface area contributed by atoms with Crippen LogP contribution in [-0.2, 0) is 4.79 Å². The Morgan fingerprint density at radius 2 is 2.21 bits per heavy atom. The van der Waals surface area contributed by atoms with E-state index in [9.17, 15) is 9.18 Å². The molecular weight excluding hydrogens is 183 g/mol. The number of carbonyl (C=O) groups excluding carboxylic acids is 1. The second kappa shape index (κ2) is 4.73. The maximum absolute atomic E-state index is 13.2. The molecule has 1 heterocycles.